The number of hydrogen-bond donors (Lipinski definition) is 4. The molecule has 0 aliphatic carbocycles. The van der Waals surface area contributed by atoms with E-state index in [0.29, 0.717) is 18.5 Å². The smallest absolute Gasteiger partial charge is 0.335 e. The van der Waals surface area contributed by atoms with E-state index in [1.165, 1.54) is 16.5 Å². The van der Waals surface area contributed by atoms with Crippen molar-refractivity contribution in [2.24, 2.45) is 5.92 Å². The number of amides is 1. The lowest BCUT2D eigenvalue weighted by Gasteiger charge is -2.44. The number of carbonyl (C=O) groups is 3. The van der Waals surface area contributed by atoms with Crippen LogP contribution in [0.1, 0.15) is 28.8 Å². The van der Waals surface area contributed by atoms with Crippen LogP contribution in [0.25, 0.3) is 0 Å². The molecule has 40 heavy (non-hydrogen) atoms. The van der Waals surface area contributed by atoms with Gasteiger partial charge in [-0.2, -0.15) is 0 Å². The number of halogens is 2. The Morgan fingerprint density at radius 3 is 2.27 bits per heavy atom. The number of carboxylic acids is 2. The fourth-order valence-corrected chi connectivity index (χ4v) is 6.46. The molecule has 0 bridgehead atoms. The Labute approximate surface area is 240 Å². The molecule has 1 amide bonds. The van der Waals surface area contributed by atoms with Crippen LogP contribution in [-0.4, -0.2) is 101 Å². The number of thiophene rings is 1. The molecule has 4 rings (SSSR count). The van der Waals surface area contributed by atoms with Crippen molar-refractivity contribution < 1.29 is 43.9 Å². The van der Waals surface area contributed by atoms with Crippen molar-refractivity contribution in [2.75, 3.05) is 40.3 Å². The normalized spacial score (nSPS) is 18.6. The summed E-state index contributed by atoms with van der Waals surface area (Å²) in [6.07, 6.45) is -1.42. The molecule has 2 aliphatic rings. The summed E-state index contributed by atoms with van der Waals surface area (Å²) in [5, 5.41) is 32.5. The van der Waals surface area contributed by atoms with Crippen molar-refractivity contribution in [2.45, 2.75) is 43.5 Å². The number of carboxylic acid groups (broad SMARTS) is 2. The van der Waals surface area contributed by atoms with E-state index in [1.807, 2.05) is 6.07 Å². The summed E-state index contributed by atoms with van der Waals surface area (Å²) in [5.74, 6) is -4.01. The fourth-order valence-electron chi connectivity index (χ4n) is 4.96. The molecule has 1 aromatic carbocycles. The van der Waals surface area contributed by atoms with E-state index in [-0.39, 0.29) is 23.2 Å². The molecule has 10 nitrogen and oxygen atoms in total. The van der Waals surface area contributed by atoms with E-state index < -0.39 is 24.1 Å². The highest BCUT2D eigenvalue weighted by atomic mass is 35.5. The van der Waals surface area contributed by atoms with Crippen LogP contribution < -0.4 is 0 Å². The molecule has 3 atom stereocenters. The standard InChI is InChI=1S/C23H28ClFN2O2S.C4H6O6/c1-26(2)22(28)18(13-16-5-3-4-6-19(16)25)15-27-10-8-23(9-11-27)21-17(7-12-29-23)14-20(24)30-21;5-1(3(7)8)2(6)4(9)10/h3-6,14,18H,7-13,15H2,1-2H3;1-2,5-6H,(H,7,8)(H,9,10)/t;1-,2-/m.1/s1. The highest BCUT2D eigenvalue weighted by Gasteiger charge is 2.43. The predicted molar refractivity (Wildman–Crippen MR) is 146 cm³/mol. The van der Waals surface area contributed by atoms with Crippen LogP contribution in [0, 0.1) is 11.7 Å². The Bertz CT molecular complexity index is 1180. The molecule has 1 saturated heterocycles. The van der Waals surface area contributed by atoms with Crippen LogP contribution in [-0.2, 0) is 37.6 Å². The molecule has 1 spiro atoms. The van der Waals surface area contributed by atoms with E-state index in [9.17, 15) is 18.8 Å². The maximum Gasteiger partial charge on any atom is 0.335 e. The molecular formula is C27H34ClFN2O8S. The zero-order chi connectivity index (χ0) is 29.6. The van der Waals surface area contributed by atoms with E-state index >= 15 is 0 Å². The van der Waals surface area contributed by atoms with Gasteiger partial charge < -0.3 is 35.0 Å². The highest BCUT2D eigenvalue weighted by Crippen LogP contribution is 2.46. The number of aliphatic carboxylic acids is 2. The lowest BCUT2D eigenvalue weighted by molar-refractivity contribution is -0.165. The number of fused-ring (bicyclic) bond motifs is 2. The van der Waals surface area contributed by atoms with Crippen LogP contribution in [0.2, 0.25) is 4.34 Å². The van der Waals surface area contributed by atoms with Crippen LogP contribution in [0.15, 0.2) is 30.3 Å². The van der Waals surface area contributed by atoms with Crippen LogP contribution in [0.4, 0.5) is 4.39 Å². The lowest BCUT2D eigenvalue weighted by Crippen LogP contribution is -2.48. The third kappa shape index (κ3) is 7.77. The summed E-state index contributed by atoms with van der Waals surface area (Å²) in [7, 11) is 3.53. The maximum atomic E-state index is 14.2. The molecule has 2 aromatic rings. The van der Waals surface area contributed by atoms with Crippen LogP contribution in [0.5, 0.6) is 0 Å². The third-order valence-corrected chi connectivity index (χ3v) is 8.60. The number of likely N-dealkylation sites (tertiary alicyclic amines) is 1. The average Bonchev–Trinajstić information content (AvgIpc) is 3.31. The number of nitrogens with zero attached hydrogens (tertiary/aromatic N) is 2. The minimum Gasteiger partial charge on any atom is -0.479 e. The van der Waals surface area contributed by atoms with Crippen molar-refractivity contribution in [3.05, 3.63) is 56.5 Å². The summed E-state index contributed by atoms with van der Waals surface area (Å²) in [6.45, 7) is 3.06. The molecule has 1 aromatic heterocycles. The quantitative estimate of drug-likeness (QED) is 0.358. The molecular weight excluding hydrogens is 567 g/mol. The van der Waals surface area contributed by atoms with Gasteiger partial charge in [0.15, 0.2) is 12.2 Å². The number of hydrogen-bond acceptors (Lipinski definition) is 8. The summed E-state index contributed by atoms with van der Waals surface area (Å²) in [5.41, 5.74) is 1.68. The number of aliphatic hydroxyl groups excluding tert-OH is 2. The number of benzene rings is 1. The number of aliphatic hydroxyl groups is 2. The van der Waals surface area contributed by atoms with Crippen molar-refractivity contribution in [1.29, 1.82) is 0 Å². The lowest BCUT2D eigenvalue weighted by atomic mass is 9.85. The van der Waals surface area contributed by atoms with Crippen LogP contribution >= 0.6 is 22.9 Å². The van der Waals surface area contributed by atoms with Gasteiger partial charge in [0.2, 0.25) is 5.91 Å². The molecule has 1 unspecified atom stereocenters. The molecule has 0 radical (unpaired) electrons. The van der Waals surface area contributed by atoms with Gasteiger partial charge in [0, 0.05) is 38.6 Å². The Morgan fingerprint density at radius 2 is 1.73 bits per heavy atom. The largest absolute Gasteiger partial charge is 0.479 e. The third-order valence-electron chi connectivity index (χ3n) is 7.10. The molecule has 220 valence electrons. The van der Waals surface area contributed by atoms with E-state index in [4.69, 9.17) is 36.8 Å². The van der Waals surface area contributed by atoms with Gasteiger partial charge in [-0.1, -0.05) is 29.8 Å². The Balaban J connectivity index is 0.000000378. The first kappa shape index (κ1) is 31.9. The molecule has 3 heterocycles. The summed E-state index contributed by atoms with van der Waals surface area (Å²) >= 11 is 7.93. The molecule has 2 aliphatic heterocycles. The van der Waals surface area contributed by atoms with Crippen LogP contribution in [0.3, 0.4) is 0 Å². The first-order chi connectivity index (χ1) is 18.8. The summed E-state index contributed by atoms with van der Waals surface area (Å²) in [4.78, 5) is 37.6. The second-order valence-corrected chi connectivity index (χ2v) is 11.8. The maximum absolute atomic E-state index is 14.2. The predicted octanol–water partition coefficient (Wildman–Crippen LogP) is 2.23. The van der Waals surface area contributed by atoms with Gasteiger partial charge in [0.25, 0.3) is 0 Å². The molecule has 13 heteroatoms. The van der Waals surface area contributed by atoms with E-state index in [1.54, 1.807) is 42.5 Å². The first-order valence-electron chi connectivity index (χ1n) is 12.8. The van der Waals surface area contributed by atoms with Gasteiger partial charge in [0.1, 0.15) is 11.4 Å². The summed E-state index contributed by atoms with van der Waals surface area (Å²) in [6, 6.07) is 8.82. The Morgan fingerprint density at radius 1 is 1.12 bits per heavy atom. The number of rotatable bonds is 8. The zero-order valence-corrected chi connectivity index (χ0v) is 23.8. The van der Waals surface area contributed by atoms with Gasteiger partial charge in [0.05, 0.1) is 16.9 Å². The van der Waals surface area contributed by atoms with Gasteiger partial charge in [-0.3, -0.25) is 4.79 Å². The molecule has 4 N–H and O–H groups in total. The number of ether oxygens (including phenoxy) is 1. The summed E-state index contributed by atoms with van der Waals surface area (Å²) < 4.78 is 21.3. The van der Waals surface area contributed by atoms with Crippen molar-refractivity contribution in [1.82, 2.24) is 9.80 Å². The fraction of sp³-hybridized carbons (Fsp3) is 0.519. The van der Waals surface area contributed by atoms with E-state index in [2.05, 4.69) is 11.0 Å². The van der Waals surface area contributed by atoms with Gasteiger partial charge >= 0.3 is 11.9 Å². The number of carbonyl (C=O) groups excluding carboxylic acids is 1. The first-order valence-corrected chi connectivity index (χ1v) is 14.0. The van der Waals surface area contributed by atoms with Gasteiger partial charge in [-0.15, -0.1) is 11.3 Å². The SMILES string of the molecule is CN(C)C(=O)C(Cc1ccccc1F)CN1CCC2(CC1)OCCc1cc(Cl)sc12.O=C(O)[C@H](O)[C@@H](O)C(=O)O. The second-order valence-electron chi connectivity index (χ2n) is 10.1. The number of piperidine rings is 1. The van der Waals surface area contributed by atoms with Gasteiger partial charge in [-0.25, -0.2) is 14.0 Å². The van der Waals surface area contributed by atoms with Gasteiger partial charge in [-0.05, 0) is 48.9 Å². The molecule has 0 saturated carbocycles. The van der Waals surface area contributed by atoms with Crippen molar-refractivity contribution in [3.8, 4) is 0 Å². The minimum atomic E-state index is -2.27. The van der Waals surface area contributed by atoms with Crippen molar-refractivity contribution >= 4 is 40.8 Å². The zero-order valence-electron chi connectivity index (χ0n) is 22.3. The Hall–Kier alpha value is -2.61. The second kappa shape index (κ2) is 13.8. The monoisotopic (exact) mass is 600 g/mol. The molecule has 1 fully saturated rings. The average molecular weight is 601 g/mol. The Kier molecular flexibility index (Phi) is 11.0. The highest BCUT2D eigenvalue weighted by molar-refractivity contribution is 7.16. The topological polar surface area (TPSA) is 148 Å². The van der Waals surface area contributed by atoms with Crippen molar-refractivity contribution in [3.63, 3.8) is 0 Å². The minimum absolute atomic E-state index is 0.0415. The van der Waals surface area contributed by atoms with E-state index in [0.717, 1.165) is 43.3 Å².